The van der Waals surface area contributed by atoms with Crippen LogP contribution in [0.15, 0.2) is 0 Å². The highest BCUT2D eigenvalue weighted by atomic mass is 16.3. The first-order chi connectivity index (χ1) is 10.1. The van der Waals surface area contributed by atoms with Crippen LogP contribution in [0.1, 0.15) is 97.8 Å². The summed E-state index contributed by atoms with van der Waals surface area (Å²) in [7, 11) is 2.24. The molecule has 0 heterocycles. The molecule has 0 bridgehead atoms. The summed E-state index contributed by atoms with van der Waals surface area (Å²) >= 11 is 0. The number of aliphatic hydroxyl groups excluding tert-OH is 1. The first kappa shape index (κ1) is 20.9. The molecule has 0 spiro atoms. The average Bonchev–Trinajstić information content (AvgIpc) is 2.46. The molecule has 0 aliphatic carbocycles. The van der Waals surface area contributed by atoms with Crippen molar-refractivity contribution in [2.75, 3.05) is 20.1 Å². The van der Waals surface area contributed by atoms with Gasteiger partial charge in [-0.05, 0) is 25.7 Å². The zero-order chi connectivity index (χ0) is 16.0. The van der Waals surface area contributed by atoms with E-state index < -0.39 is 0 Å². The molecule has 0 saturated carbocycles. The summed E-state index contributed by atoms with van der Waals surface area (Å²) in [5.74, 6) is 0. The van der Waals surface area contributed by atoms with Crippen molar-refractivity contribution in [3.05, 3.63) is 0 Å². The number of hydrogen-bond donors (Lipinski definition) is 1. The zero-order valence-electron chi connectivity index (χ0n) is 15.4. The van der Waals surface area contributed by atoms with Gasteiger partial charge >= 0.3 is 0 Å². The van der Waals surface area contributed by atoms with Crippen LogP contribution < -0.4 is 0 Å². The second-order valence-electron chi connectivity index (χ2n) is 7.09. The second-order valence-corrected chi connectivity index (χ2v) is 7.09. The van der Waals surface area contributed by atoms with Crippen molar-refractivity contribution in [1.82, 2.24) is 0 Å². The Morgan fingerprint density at radius 2 is 1.00 bits per heavy atom. The molecule has 0 amide bonds. The average molecular weight is 301 g/mol. The maximum absolute atomic E-state index is 10.1. The topological polar surface area (TPSA) is 20.2 Å². The molecule has 0 aromatic rings. The highest BCUT2D eigenvalue weighted by Gasteiger charge is 2.26. The maximum atomic E-state index is 10.1. The molecule has 1 atom stereocenters. The predicted octanol–water partition coefficient (Wildman–Crippen LogP) is 5.49. The van der Waals surface area contributed by atoms with Crippen molar-refractivity contribution in [3.63, 3.8) is 0 Å². The third-order valence-electron chi connectivity index (χ3n) is 4.95. The van der Waals surface area contributed by atoms with Crippen LogP contribution in [-0.4, -0.2) is 36.0 Å². The van der Waals surface area contributed by atoms with Crippen LogP contribution in [0.4, 0.5) is 0 Å². The number of hydrogen-bond acceptors (Lipinski definition) is 1. The van der Waals surface area contributed by atoms with Crippen LogP contribution in [-0.2, 0) is 0 Å². The normalized spacial score (nSPS) is 13.6. The minimum absolute atomic E-state index is 0.226. The zero-order valence-corrected chi connectivity index (χ0v) is 15.4. The lowest BCUT2D eigenvalue weighted by atomic mass is 10.1. The summed E-state index contributed by atoms with van der Waals surface area (Å²) in [4.78, 5) is 0. The van der Waals surface area contributed by atoms with Gasteiger partial charge in [-0.3, -0.25) is 0 Å². The minimum atomic E-state index is -0.226. The van der Waals surface area contributed by atoms with Gasteiger partial charge < -0.3 is 9.59 Å². The van der Waals surface area contributed by atoms with Crippen molar-refractivity contribution in [1.29, 1.82) is 0 Å². The van der Waals surface area contributed by atoms with Gasteiger partial charge in [-0.25, -0.2) is 0 Å². The number of aliphatic hydroxyl groups is 1. The molecule has 0 aliphatic rings. The summed E-state index contributed by atoms with van der Waals surface area (Å²) < 4.78 is 0.849. The molecule has 0 rings (SSSR count). The van der Waals surface area contributed by atoms with Crippen molar-refractivity contribution in [2.45, 2.75) is 104 Å². The SMILES string of the molecule is CCCCCCCC[N+](C)(CCCCCCCC)C(C)O. The Kier molecular flexibility index (Phi) is 13.5. The summed E-state index contributed by atoms with van der Waals surface area (Å²) in [6, 6.07) is 0. The molecule has 0 aromatic heterocycles. The van der Waals surface area contributed by atoms with Gasteiger partial charge in [0.25, 0.3) is 0 Å². The first-order valence-electron chi connectivity index (χ1n) is 9.59. The molecule has 2 heteroatoms. The maximum Gasteiger partial charge on any atom is 0.187 e. The fourth-order valence-corrected chi connectivity index (χ4v) is 2.99. The molecule has 0 aliphatic heterocycles. The van der Waals surface area contributed by atoms with Gasteiger partial charge in [0.15, 0.2) is 6.23 Å². The molecular formula is C19H42NO+. The molecule has 0 radical (unpaired) electrons. The molecule has 21 heavy (non-hydrogen) atoms. The van der Waals surface area contributed by atoms with Gasteiger partial charge in [0, 0.05) is 6.92 Å². The standard InChI is InChI=1S/C19H42NO/c1-5-7-9-11-13-15-17-20(4,19(3)21)18-16-14-12-10-8-6-2/h19,21H,5-18H2,1-4H3/q+1. The third kappa shape index (κ3) is 11.2. The Balaban J connectivity index is 3.79. The van der Waals surface area contributed by atoms with E-state index in [0.29, 0.717) is 0 Å². The van der Waals surface area contributed by atoms with E-state index in [4.69, 9.17) is 0 Å². The van der Waals surface area contributed by atoms with E-state index in [-0.39, 0.29) is 6.23 Å². The van der Waals surface area contributed by atoms with Crippen LogP contribution in [0, 0.1) is 0 Å². The summed E-state index contributed by atoms with van der Waals surface area (Å²) in [5, 5.41) is 10.1. The van der Waals surface area contributed by atoms with Crippen LogP contribution in [0.5, 0.6) is 0 Å². The molecular weight excluding hydrogens is 258 g/mol. The fourth-order valence-electron chi connectivity index (χ4n) is 2.99. The molecule has 2 nitrogen and oxygen atoms in total. The molecule has 128 valence electrons. The molecule has 0 aromatic carbocycles. The Bertz CT molecular complexity index is 200. The lowest BCUT2D eigenvalue weighted by molar-refractivity contribution is -0.952. The minimum Gasteiger partial charge on any atom is -0.345 e. The summed E-state index contributed by atoms with van der Waals surface area (Å²) in [6.07, 6.45) is 15.8. The third-order valence-corrected chi connectivity index (χ3v) is 4.95. The van der Waals surface area contributed by atoms with E-state index >= 15 is 0 Å². The van der Waals surface area contributed by atoms with Crippen molar-refractivity contribution in [3.8, 4) is 0 Å². The van der Waals surface area contributed by atoms with Gasteiger partial charge in [-0.1, -0.05) is 65.2 Å². The first-order valence-corrected chi connectivity index (χ1v) is 9.59. The van der Waals surface area contributed by atoms with Crippen LogP contribution in [0.25, 0.3) is 0 Å². The van der Waals surface area contributed by atoms with Crippen molar-refractivity contribution >= 4 is 0 Å². The van der Waals surface area contributed by atoms with Crippen LogP contribution in [0.3, 0.4) is 0 Å². The highest BCUT2D eigenvalue weighted by Crippen LogP contribution is 2.16. The monoisotopic (exact) mass is 300 g/mol. The predicted molar refractivity (Wildman–Crippen MR) is 94.4 cm³/mol. The lowest BCUT2D eigenvalue weighted by Gasteiger charge is -2.37. The van der Waals surface area contributed by atoms with Gasteiger partial charge in [0.2, 0.25) is 0 Å². The molecule has 1 N–H and O–H groups in total. The van der Waals surface area contributed by atoms with Gasteiger partial charge in [0.1, 0.15) is 0 Å². The highest BCUT2D eigenvalue weighted by molar-refractivity contribution is 4.49. The lowest BCUT2D eigenvalue weighted by Crippen LogP contribution is -2.52. The van der Waals surface area contributed by atoms with Gasteiger partial charge in [-0.15, -0.1) is 0 Å². The van der Waals surface area contributed by atoms with Crippen molar-refractivity contribution < 1.29 is 9.59 Å². The van der Waals surface area contributed by atoms with Crippen LogP contribution >= 0.6 is 0 Å². The van der Waals surface area contributed by atoms with E-state index in [0.717, 1.165) is 17.6 Å². The summed E-state index contributed by atoms with van der Waals surface area (Å²) in [5.41, 5.74) is 0. The quantitative estimate of drug-likeness (QED) is 0.241. The van der Waals surface area contributed by atoms with Crippen molar-refractivity contribution in [2.24, 2.45) is 0 Å². The Morgan fingerprint density at radius 3 is 1.33 bits per heavy atom. The second kappa shape index (κ2) is 13.6. The Hall–Kier alpha value is -0.0800. The molecule has 1 unspecified atom stereocenters. The van der Waals surface area contributed by atoms with Gasteiger partial charge in [-0.2, -0.15) is 0 Å². The fraction of sp³-hybridized carbons (Fsp3) is 1.00. The summed E-state index contributed by atoms with van der Waals surface area (Å²) in [6.45, 7) is 8.77. The Morgan fingerprint density at radius 1 is 0.667 bits per heavy atom. The van der Waals surface area contributed by atoms with E-state index in [2.05, 4.69) is 20.9 Å². The molecule has 0 saturated heterocycles. The Labute approximate surface area is 134 Å². The smallest absolute Gasteiger partial charge is 0.187 e. The number of quaternary nitrogens is 1. The number of rotatable bonds is 15. The van der Waals surface area contributed by atoms with E-state index in [9.17, 15) is 5.11 Å². The molecule has 0 fully saturated rings. The number of unbranched alkanes of at least 4 members (excludes halogenated alkanes) is 10. The van der Waals surface area contributed by atoms with E-state index in [1.54, 1.807) is 0 Å². The van der Waals surface area contributed by atoms with E-state index in [1.165, 1.54) is 77.0 Å². The number of nitrogens with zero attached hydrogens (tertiary/aromatic N) is 1. The largest absolute Gasteiger partial charge is 0.345 e. The van der Waals surface area contributed by atoms with Crippen LogP contribution in [0.2, 0.25) is 0 Å². The van der Waals surface area contributed by atoms with E-state index in [1.807, 2.05) is 6.92 Å². The van der Waals surface area contributed by atoms with Gasteiger partial charge in [0.05, 0.1) is 20.1 Å².